The van der Waals surface area contributed by atoms with Crippen LogP contribution in [0.5, 0.6) is 0 Å². The minimum atomic E-state index is -1.04. The standard InChI is InChI=1S/C14H16Cl2N2O3/c15-10-5-8(6-11(16)13(10)17)14(21)18(7-12(19)20)9-3-1-2-4-9/h5-6,9H,1-4,7,17H2,(H,19,20). The first-order valence-electron chi connectivity index (χ1n) is 6.67. The number of carbonyl (C=O) groups is 2. The molecule has 1 aliphatic rings. The lowest BCUT2D eigenvalue weighted by Gasteiger charge is -2.27. The third-order valence-corrected chi connectivity index (χ3v) is 4.28. The lowest BCUT2D eigenvalue weighted by atomic mass is 10.1. The predicted octanol–water partition coefficient (Wildman–Crippen LogP) is 3.05. The zero-order valence-electron chi connectivity index (χ0n) is 11.3. The molecule has 0 heterocycles. The molecule has 1 aromatic rings. The molecule has 1 fully saturated rings. The number of amides is 1. The van der Waals surface area contributed by atoms with Crippen LogP contribution in [-0.2, 0) is 4.79 Å². The molecule has 1 saturated carbocycles. The van der Waals surface area contributed by atoms with Crippen LogP contribution >= 0.6 is 23.2 Å². The van der Waals surface area contributed by atoms with E-state index in [-0.39, 0.29) is 39.8 Å². The Morgan fingerprint density at radius 3 is 2.24 bits per heavy atom. The molecule has 2 rings (SSSR count). The maximum absolute atomic E-state index is 12.6. The van der Waals surface area contributed by atoms with Gasteiger partial charge >= 0.3 is 5.97 Å². The number of halogens is 2. The van der Waals surface area contributed by atoms with Crippen LogP contribution < -0.4 is 5.73 Å². The van der Waals surface area contributed by atoms with Gasteiger partial charge in [0.1, 0.15) is 6.54 Å². The number of carbonyl (C=O) groups excluding carboxylic acids is 1. The summed E-state index contributed by atoms with van der Waals surface area (Å²) in [4.78, 5) is 25.0. The molecule has 1 amide bonds. The van der Waals surface area contributed by atoms with Crippen molar-refractivity contribution in [3.05, 3.63) is 27.7 Å². The van der Waals surface area contributed by atoms with Crippen molar-refractivity contribution >= 4 is 40.8 Å². The summed E-state index contributed by atoms with van der Waals surface area (Å²) >= 11 is 11.9. The molecular weight excluding hydrogens is 315 g/mol. The fourth-order valence-corrected chi connectivity index (χ4v) is 3.09. The molecule has 0 aromatic heterocycles. The molecule has 1 aliphatic carbocycles. The summed E-state index contributed by atoms with van der Waals surface area (Å²) in [5, 5.41) is 9.40. The highest BCUT2D eigenvalue weighted by atomic mass is 35.5. The molecular formula is C14H16Cl2N2O3. The highest BCUT2D eigenvalue weighted by molar-refractivity contribution is 6.39. The van der Waals surface area contributed by atoms with Crippen LogP contribution in [0.1, 0.15) is 36.0 Å². The number of aliphatic carboxylic acids is 1. The number of carboxylic acids is 1. The first-order valence-corrected chi connectivity index (χ1v) is 7.43. The Labute approximate surface area is 132 Å². The largest absolute Gasteiger partial charge is 0.480 e. The Bertz CT molecular complexity index is 548. The molecule has 0 saturated heterocycles. The van der Waals surface area contributed by atoms with Crippen LogP contribution in [0.3, 0.4) is 0 Å². The van der Waals surface area contributed by atoms with Crippen molar-refractivity contribution in [3.63, 3.8) is 0 Å². The predicted molar refractivity (Wildman–Crippen MR) is 81.8 cm³/mol. The molecule has 7 heteroatoms. The third kappa shape index (κ3) is 3.60. The fraction of sp³-hybridized carbons (Fsp3) is 0.429. The van der Waals surface area contributed by atoms with Gasteiger partial charge in [-0.15, -0.1) is 0 Å². The topological polar surface area (TPSA) is 83.6 Å². The number of hydrogen-bond donors (Lipinski definition) is 2. The van der Waals surface area contributed by atoms with Gasteiger partial charge in [0.2, 0.25) is 0 Å². The number of benzene rings is 1. The summed E-state index contributed by atoms with van der Waals surface area (Å²) in [7, 11) is 0. The van der Waals surface area contributed by atoms with Crippen molar-refractivity contribution in [2.75, 3.05) is 12.3 Å². The molecule has 1 aromatic carbocycles. The van der Waals surface area contributed by atoms with E-state index in [1.165, 1.54) is 17.0 Å². The number of anilines is 1. The second-order valence-electron chi connectivity index (χ2n) is 5.12. The van der Waals surface area contributed by atoms with Gasteiger partial charge in [0.05, 0.1) is 15.7 Å². The Hall–Kier alpha value is -1.46. The summed E-state index contributed by atoms with van der Waals surface area (Å²) in [6.07, 6.45) is 3.62. The molecule has 0 radical (unpaired) electrons. The van der Waals surface area contributed by atoms with Crippen LogP contribution in [0, 0.1) is 0 Å². The maximum Gasteiger partial charge on any atom is 0.323 e. The number of nitrogens with two attached hydrogens (primary N) is 1. The Kier molecular flexibility index (Phi) is 4.96. The summed E-state index contributed by atoms with van der Waals surface area (Å²) in [5.74, 6) is -1.42. The second kappa shape index (κ2) is 6.54. The first-order chi connectivity index (χ1) is 9.90. The van der Waals surface area contributed by atoms with Crippen molar-refractivity contribution in [1.82, 2.24) is 4.90 Å². The molecule has 0 aliphatic heterocycles. The van der Waals surface area contributed by atoms with E-state index in [4.69, 9.17) is 34.0 Å². The minimum absolute atomic E-state index is 0.0521. The number of carboxylic acid groups (broad SMARTS) is 1. The molecule has 0 bridgehead atoms. The van der Waals surface area contributed by atoms with Crippen molar-refractivity contribution in [2.24, 2.45) is 0 Å². The van der Waals surface area contributed by atoms with Gasteiger partial charge in [-0.05, 0) is 25.0 Å². The van der Waals surface area contributed by atoms with E-state index in [9.17, 15) is 9.59 Å². The average Bonchev–Trinajstić information content (AvgIpc) is 2.94. The van der Waals surface area contributed by atoms with Gasteiger partial charge in [0, 0.05) is 11.6 Å². The molecule has 5 nitrogen and oxygen atoms in total. The summed E-state index contributed by atoms with van der Waals surface area (Å²) in [6, 6.07) is 2.80. The number of nitrogen functional groups attached to an aromatic ring is 1. The van der Waals surface area contributed by atoms with E-state index in [0.717, 1.165) is 25.7 Å². The van der Waals surface area contributed by atoms with Crippen LogP contribution in [-0.4, -0.2) is 34.5 Å². The average molecular weight is 331 g/mol. The van der Waals surface area contributed by atoms with Crippen LogP contribution in [0.2, 0.25) is 10.0 Å². The van der Waals surface area contributed by atoms with Gasteiger partial charge in [0.15, 0.2) is 0 Å². The summed E-state index contributed by atoms with van der Waals surface area (Å²) < 4.78 is 0. The molecule has 21 heavy (non-hydrogen) atoms. The van der Waals surface area contributed by atoms with Crippen molar-refractivity contribution in [2.45, 2.75) is 31.7 Å². The SMILES string of the molecule is Nc1c(Cl)cc(C(=O)N(CC(=O)O)C2CCCC2)cc1Cl. The van der Waals surface area contributed by atoms with Crippen LogP contribution in [0.15, 0.2) is 12.1 Å². The van der Waals surface area contributed by atoms with Crippen LogP contribution in [0.25, 0.3) is 0 Å². The van der Waals surface area contributed by atoms with Gasteiger partial charge in [-0.3, -0.25) is 9.59 Å². The van der Waals surface area contributed by atoms with E-state index in [1.807, 2.05) is 0 Å². The Morgan fingerprint density at radius 2 is 1.76 bits per heavy atom. The quantitative estimate of drug-likeness (QED) is 0.831. The molecule has 0 atom stereocenters. The summed E-state index contributed by atoms with van der Waals surface area (Å²) in [5.41, 5.74) is 6.11. The summed E-state index contributed by atoms with van der Waals surface area (Å²) in [6.45, 7) is -0.330. The second-order valence-corrected chi connectivity index (χ2v) is 5.93. The van der Waals surface area contributed by atoms with E-state index in [2.05, 4.69) is 0 Å². The molecule has 0 unspecified atom stereocenters. The van der Waals surface area contributed by atoms with E-state index in [1.54, 1.807) is 0 Å². The monoisotopic (exact) mass is 330 g/mol. The third-order valence-electron chi connectivity index (χ3n) is 3.66. The Morgan fingerprint density at radius 1 is 1.24 bits per heavy atom. The van der Waals surface area contributed by atoms with Gasteiger partial charge in [0.25, 0.3) is 5.91 Å². The molecule has 3 N–H and O–H groups in total. The van der Waals surface area contributed by atoms with Crippen molar-refractivity contribution < 1.29 is 14.7 Å². The highest BCUT2D eigenvalue weighted by Crippen LogP contribution is 2.31. The number of hydrogen-bond acceptors (Lipinski definition) is 3. The van der Waals surface area contributed by atoms with E-state index in [0.29, 0.717) is 0 Å². The normalized spacial score (nSPS) is 15.1. The first kappa shape index (κ1) is 15.9. The molecule has 0 spiro atoms. The Balaban J connectivity index is 2.31. The lowest BCUT2D eigenvalue weighted by molar-refractivity contribution is -0.138. The van der Waals surface area contributed by atoms with Crippen molar-refractivity contribution in [3.8, 4) is 0 Å². The smallest absolute Gasteiger partial charge is 0.323 e. The zero-order valence-corrected chi connectivity index (χ0v) is 12.8. The number of rotatable bonds is 4. The maximum atomic E-state index is 12.6. The molecule has 114 valence electrons. The zero-order chi connectivity index (χ0) is 15.6. The minimum Gasteiger partial charge on any atom is -0.480 e. The highest BCUT2D eigenvalue weighted by Gasteiger charge is 2.29. The van der Waals surface area contributed by atoms with Gasteiger partial charge < -0.3 is 15.7 Å². The van der Waals surface area contributed by atoms with Gasteiger partial charge in [-0.2, -0.15) is 0 Å². The lowest BCUT2D eigenvalue weighted by Crippen LogP contribution is -2.42. The van der Waals surface area contributed by atoms with Crippen molar-refractivity contribution in [1.29, 1.82) is 0 Å². The van der Waals surface area contributed by atoms with E-state index >= 15 is 0 Å². The van der Waals surface area contributed by atoms with Crippen LogP contribution in [0.4, 0.5) is 5.69 Å². The van der Waals surface area contributed by atoms with Gasteiger partial charge in [-0.25, -0.2) is 0 Å². The number of nitrogens with zero attached hydrogens (tertiary/aromatic N) is 1. The fourth-order valence-electron chi connectivity index (χ4n) is 2.60. The van der Waals surface area contributed by atoms with Gasteiger partial charge in [-0.1, -0.05) is 36.0 Å². The van der Waals surface area contributed by atoms with E-state index < -0.39 is 5.97 Å².